The zero-order chi connectivity index (χ0) is 19.4. The van der Waals surface area contributed by atoms with Crippen LogP contribution in [0.15, 0.2) is 16.7 Å². The highest BCUT2D eigenvalue weighted by Gasteiger charge is 2.32. The van der Waals surface area contributed by atoms with Crippen LogP contribution in [0.25, 0.3) is 0 Å². The fraction of sp³-hybridized carbons (Fsp3) is 0.588. The highest BCUT2D eigenvalue weighted by Crippen LogP contribution is 2.23. The quantitative estimate of drug-likeness (QED) is 0.720. The van der Waals surface area contributed by atoms with E-state index in [9.17, 15) is 9.59 Å². The Hall–Kier alpha value is -1.83. The minimum absolute atomic E-state index is 0.0978. The van der Waals surface area contributed by atoms with Gasteiger partial charge in [0.2, 0.25) is 5.88 Å². The maximum atomic E-state index is 12.5. The second-order valence-electron chi connectivity index (χ2n) is 7.37. The summed E-state index contributed by atoms with van der Waals surface area (Å²) >= 11 is 3.32. The molecule has 0 unspecified atom stereocenters. The summed E-state index contributed by atoms with van der Waals surface area (Å²) in [4.78, 5) is 30.0. The van der Waals surface area contributed by atoms with E-state index in [4.69, 9.17) is 14.2 Å². The standard InChI is InChI=1S/C17H25BrN2O5/c1-16(2,3)24-14(21)20(15(22)25-17(4,5)6)10-11-8-12(18)9-19-13(11)23-7/h8-9H,10H2,1-7H3. The third-order valence-corrected chi connectivity index (χ3v) is 3.08. The summed E-state index contributed by atoms with van der Waals surface area (Å²) in [7, 11) is 1.46. The molecule has 0 saturated carbocycles. The van der Waals surface area contributed by atoms with E-state index in [0.717, 1.165) is 4.90 Å². The number of hydrogen-bond acceptors (Lipinski definition) is 6. The van der Waals surface area contributed by atoms with Gasteiger partial charge in [0.15, 0.2) is 0 Å². The Morgan fingerprint density at radius 2 is 1.56 bits per heavy atom. The number of aromatic nitrogens is 1. The first-order valence-corrected chi connectivity index (χ1v) is 8.53. The van der Waals surface area contributed by atoms with E-state index in [1.807, 2.05) is 0 Å². The van der Waals surface area contributed by atoms with Crippen molar-refractivity contribution in [2.45, 2.75) is 59.3 Å². The van der Waals surface area contributed by atoms with Crippen LogP contribution in [0.1, 0.15) is 47.1 Å². The van der Waals surface area contributed by atoms with E-state index in [-0.39, 0.29) is 6.54 Å². The number of methoxy groups -OCH3 is 1. The van der Waals surface area contributed by atoms with Crippen molar-refractivity contribution in [1.29, 1.82) is 0 Å². The lowest BCUT2D eigenvalue weighted by Gasteiger charge is -2.28. The Morgan fingerprint density at radius 1 is 1.08 bits per heavy atom. The van der Waals surface area contributed by atoms with Crippen molar-refractivity contribution in [2.24, 2.45) is 0 Å². The number of nitrogens with zero attached hydrogens (tertiary/aromatic N) is 2. The zero-order valence-electron chi connectivity index (χ0n) is 15.7. The summed E-state index contributed by atoms with van der Waals surface area (Å²) in [5.41, 5.74) is -0.970. The predicted octanol–water partition coefficient (Wildman–Crippen LogP) is 4.52. The molecule has 0 saturated heterocycles. The number of rotatable bonds is 3. The number of amides is 2. The molecule has 0 spiro atoms. The van der Waals surface area contributed by atoms with Gasteiger partial charge in [-0.15, -0.1) is 0 Å². The highest BCUT2D eigenvalue weighted by molar-refractivity contribution is 9.10. The molecule has 25 heavy (non-hydrogen) atoms. The molecule has 0 atom stereocenters. The molecule has 1 heterocycles. The molecule has 1 aromatic heterocycles. The van der Waals surface area contributed by atoms with E-state index in [2.05, 4.69) is 20.9 Å². The first-order chi connectivity index (χ1) is 11.3. The Morgan fingerprint density at radius 3 is 1.96 bits per heavy atom. The number of imide groups is 1. The molecule has 0 aromatic carbocycles. The van der Waals surface area contributed by atoms with Crippen LogP contribution in [-0.2, 0) is 16.0 Å². The Labute approximate surface area is 156 Å². The fourth-order valence-electron chi connectivity index (χ4n) is 1.77. The van der Waals surface area contributed by atoms with Crippen LogP contribution >= 0.6 is 15.9 Å². The van der Waals surface area contributed by atoms with Gasteiger partial charge in [-0.25, -0.2) is 19.5 Å². The average Bonchev–Trinajstić information content (AvgIpc) is 2.40. The molecule has 0 fully saturated rings. The molecule has 1 aromatic rings. The van der Waals surface area contributed by atoms with E-state index < -0.39 is 23.4 Å². The van der Waals surface area contributed by atoms with Gasteiger partial charge < -0.3 is 14.2 Å². The van der Waals surface area contributed by atoms with Crippen LogP contribution < -0.4 is 4.74 Å². The molecule has 0 aliphatic carbocycles. The van der Waals surface area contributed by atoms with Gasteiger partial charge in [-0.1, -0.05) is 0 Å². The molecule has 1 rings (SSSR count). The summed E-state index contributed by atoms with van der Waals surface area (Å²) in [5.74, 6) is 0.306. The van der Waals surface area contributed by atoms with Crippen molar-refractivity contribution >= 4 is 28.1 Å². The summed E-state index contributed by atoms with van der Waals surface area (Å²) < 4.78 is 16.5. The van der Waals surface area contributed by atoms with E-state index in [1.165, 1.54) is 7.11 Å². The van der Waals surface area contributed by atoms with Crippen LogP contribution in [0.5, 0.6) is 5.88 Å². The normalized spacial score (nSPS) is 11.7. The molecule has 0 aliphatic rings. The van der Waals surface area contributed by atoms with Crippen molar-refractivity contribution in [3.63, 3.8) is 0 Å². The Bertz CT molecular complexity index is 607. The molecule has 2 amide bonds. The number of halogens is 1. The lowest BCUT2D eigenvalue weighted by Crippen LogP contribution is -2.43. The van der Waals surface area contributed by atoms with Gasteiger partial charge in [0, 0.05) is 16.2 Å². The number of pyridine rings is 1. The minimum Gasteiger partial charge on any atom is -0.481 e. The summed E-state index contributed by atoms with van der Waals surface area (Å²) in [6, 6.07) is 1.72. The van der Waals surface area contributed by atoms with Gasteiger partial charge >= 0.3 is 12.2 Å². The zero-order valence-corrected chi connectivity index (χ0v) is 17.3. The lowest BCUT2D eigenvalue weighted by atomic mass is 10.2. The number of ether oxygens (including phenoxy) is 3. The fourth-order valence-corrected chi connectivity index (χ4v) is 2.15. The summed E-state index contributed by atoms with van der Waals surface area (Å²) in [6.45, 7) is 10.2. The molecule has 0 aliphatic heterocycles. The molecule has 0 bridgehead atoms. The molecule has 140 valence electrons. The first kappa shape index (κ1) is 21.2. The van der Waals surface area contributed by atoms with Gasteiger partial charge in [0.25, 0.3) is 0 Å². The molecule has 8 heteroatoms. The van der Waals surface area contributed by atoms with Crippen molar-refractivity contribution in [2.75, 3.05) is 7.11 Å². The largest absolute Gasteiger partial charge is 0.481 e. The predicted molar refractivity (Wildman–Crippen MR) is 96.5 cm³/mol. The smallest absolute Gasteiger partial charge is 0.420 e. The van der Waals surface area contributed by atoms with Gasteiger partial charge in [-0.3, -0.25) is 0 Å². The van der Waals surface area contributed by atoms with Crippen LogP contribution in [0.3, 0.4) is 0 Å². The van der Waals surface area contributed by atoms with Gasteiger partial charge in [0.05, 0.1) is 13.7 Å². The minimum atomic E-state index is -0.802. The van der Waals surface area contributed by atoms with Gasteiger partial charge in [-0.05, 0) is 63.5 Å². The number of hydrogen-bond donors (Lipinski definition) is 0. The monoisotopic (exact) mass is 416 g/mol. The van der Waals surface area contributed by atoms with Crippen molar-refractivity contribution in [3.8, 4) is 5.88 Å². The topological polar surface area (TPSA) is 78.0 Å². The van der Waals surface area contributed by atoms with E-state index in [0.29, 0.717) is 15.9 Å². The molecular weight excluding hydrogens is 392 g/mol. The lowest BCUT2D eigenvalue weighted by molar-refractivity contribution is -0.000355. The maximum Gasteiger partial charge on any atom is 0.420 e. The molecular formula is C17H25BrN2O5. The SMILES string of the molecule is COc1ncc(Br)cc1CN(C(=O)OC(C)(C)C)C(=O)OC(C)(C)C. The average molecular weight is 417 g/mol. The molecule has 0 radical (unpaired) electrons. The van der Waals surface area contributed by atoms with Crippen LogP contribution in [-0.4, -0.2) is 40.4 Å². The second-order valence-corrected chi connectivity index (χ2v) is 8.28. The van der Waals surface area contributed by atoms with Crippen LogP contribution in [0.4, 0.5) is 9.59 Å². The Balaban J connectivity index is 3.16. The first-order valence-electron chi connectivity index (χ1n) is 7.74. The number of carbonyl (C=O) groups excluding carboxylic acids is 2. The van der Waals surface area contributed by atoms with Crippen LogP contribution in [0.2, 0.25) is 0 Å². The van der Waals surface area contributed by atoms with Crippen molar-refractivity contribution < 1.29 is 23.8 Å². The van der Waals surface area contributed by atoms with Gasteiger partial charge in [-0.2, -0.15) is 0 Å². The third kappa shape index (κ3) is 7.29. The van der Waals surface area contributed by atoms with Crippen LogP contribution in [0, 0.1) is 0 Å². The highest BCUT2D eigenvalue weighted by atomic mass is 79.9. The van der Waals surface area contributed by atoms with Gasteiger partial charge in [0.1, 0.15) is 11.2 Å². The number of carbonyl (C=O) groups is 2. The van der Waals surface area contributed by atoms with Crippen molar-refractivity contribution in [1.82, 2.24) is 9.88 Å². The van der Waals surface area contributed by atoms with Crippen molar-refractivity contribution in [3.05, 3.63) is 22.3 Å². The Kier molecular flexibility index (Phi) is 6.82. The van der Waals surface area contributed by atoms with E-state index >= 15 is 0 Å². The summed E-state index contributed by atoms with van der Waals surface area (Å²) in [5, 5.41) is 0. The summed E-state index contributed by atoms with van der Waals surface area (Å²) in [6.07, 6.45) is -0.0410. The molecule has 7 nitrogen and oxygen atoms in total. The van der Waals surface area contributed by atoms with E-state index in [1.54, 1.807) is 53.8 Å². The molecule has 0 N–H and O–H groups in total. The maximum absolute atomic E-state index is 12.5. The third-order valence-electron chi connectivity index (χ3n) is 2.64. The second kappa shape index (κ2) is 8.03.